The quantitative estimate of drug-likeness (QED) is 0.652. The molecule has 0 fully saturated rings. The number of benzene rings is 2. The molecule has 2 N–H and O–H groups in total. The van der Waals surface area contributed by atoms with Crippen LogP contribution in [0, 0.1) is 0 Å². The summed E-state index contributed by atoms with van der Waals surface area (Å²) in [6.07, 6.45) is -4.34. The molecule has 0 atom stereocenters. The standard InChI is InChI=1S/C14H12ClF3N2.ClH/c15-12-5-1-10(2-6-12)9-20(19)13-7-3-11(4-8-13)14(16,17)18;/h1-8H,9,19H2;1H. The van der Waals surface area contributed by atoms with Gasteiger partial charge in [0, 0.05) is 5.02 Å². The molecular weight excluding hydrogens is 324 g/mol. The van der Waals surface area contributed by atoms with Gasteiger partial charge in [0.1, 0.15) is 0 Å². The van der Waals surface area contributed by atoms with Gasteiger partial charge < -0.3 is 5.01 Å². The zero-order chi connectivity index (χ0) is 14.8. The van der Waals surface area contributed by atoms with Crippen LogP contribution >= 0.6 is 24.0 Å². The SMILES string of the molecule is Cl.NN(Cc1ccc(Cl)cc1)c1ccc(C(F)(F)F)cc1. The van der Waals surface area contributed by atoms with E-state index in [1.807, 2.05) is 12.1 Å². The van der Waals surface area contributed by atoms with E-state index < -0.39 is 11.7 Å². The second-order valence-electron chi connectivity index (χ2n) is 4.30. The molecule has 0 bridgehead atoms. The zero-order valence-electron chi connectivity index (χ0n) is 10.8. The summed E-state index contributed by atoms with van der Waals surface area (Å²) in [5, 5.41) is 2.00. The number of halogens is 5. The Morgan fingerprint density at radius 2 is 1.48 bits per heavy atom. The van der Waals surface area contributed by atoms with Crippen LogP contribution < -0.4 is 10.9 Å². The molecule has 7 heteroatoms. The first-order valence-corrected chi connectivity index (χ1v) is 6.18. The highest BCUT2D eigenvalue weighted by atomic mass is 35.5. The third-order valence-corrected chi connectivity index (χ3v) is 3.04. The first-order valence-electron chi connectivity index (χ1n) is 5.80. The van der Waals surface area contributed by atoms with Gasteiger partial charge in [-0.2, -0.15) is 13.2 Å². The maximum Gasteiger partial charge on any atom is 0.416 e. The van der Waals surface area contributed by atoms with E-state index >= 15 is 0 Å². The maximum atomic E-state index is 12.4. The highest BCUT2D eigenvalue weighted by Gasteiger charge is 2.30. The van der Waals surface area contributed by atoms with Gasteiger partial charge in [-0.25, -0.2) is 5.84 Å². The van der Waals surface area contributed by atoms with Crippen molar-refractivity contribution in [3.05, 3.63) is 64.7 Å². The number of hydrogen-bond acceptors (Lipinski definition) is 2. The molecule has 2 nitrogen and oxygen atoms in total. The Kier molecular flexibility index (Phi) is 5.89. The Bertz CT molecular complexity index is 568. The molecule has 0 aromatic heterocycles. The van der Waals surface area contributed by atoms with Gasteiger partial charge in [0.15, 0.2) is 0 Å². The summed E-state index contributed by atoms with van der Waals surface area (Å²) in [6.45, 7) is 0.378. The summed E-state index contributed by atoms with van der Waals surface area (Å²) in [5.41, 5.74) is 0.728. The van der Waals surface area contributed by atoms with E-state index in [-0.39, 0.29) is 12.4 Å². The minimum atomic E-state index is -4.34. The van der Waals surface area contributed by atoms with E-state index in [4.69, 9.17) is 17.4 Å². The molecule has 0 radical (unpaired) electrons. The van der Waals surface area contributed by atoms with Crippen LogP contribution in [0.1, 0.15) is 11.1 Å². The molecule has 0 unspecified atom stereocenters. The first-order chi connectivity index (χ1) is 9.36. The third kappa shape index (κ3) is 4.81. The minimum absolute atomic E-state index is 0. The van der Waals surface area contributed by atoms with Crippen LogP contribution in [0.25, 0.3) is 0 Å². The predicted molar refractivity (Wildman–Crippen MR) is 80.5 cm³/mol. The van der Waals surface area contributed by atoms with Crippen LogP contribution in [0.4, 0.5) is 18.9 Å². The zero-order valence-corrected chi connectivity index (χ0v) is 12.3. The van der Waals surface area contributed by atoms with Crippen LogP contribution in [-0.4, -0.2) is 0 Å². The summed E-state index contributed by atoms with van der Waals surface area (Å²) in [4.78, 5) is 0. The molecule has 0 aliphatic rings. The lowest BCUT2D eigenvalue weighted by Gasteiger charge is -2.19. The summed E-state index contributed by atoms with van der Waals surface area (Å²) < 4.78 is 37.3. The van der Waals surface area contributed by atoms with Gasteiger partial charge in [0.2, 0.25) is 0 Å². The molecule has 0 saturated carbocycles. The average molecular weight is 337 g/mol. The van der Waals surface area contributed by atoms with Crippen molar-refractivity contribution >= 4 is 29.7 Å². The van der Waals surface area contributed by atoms with Crippen LogP contribution in [0.3, 0.4) is 0 Å². The van der Waals surface area contributed by atoms with Crippen LogP contribution in [0.5, 0.6) is 0 Å². The normalized spacial score (nSPS) is 10.9. The van der Waals surface area contributed by atoms with Crippen molar-refractivity contribution in [2.24, 2.45) is 5.84 Å². The Morgan fingerprint density at radius 1 is 0.952 bits per heavy atom. The Hall–Kier alpha value is -1.43. The van der Waals surface area contributed by atoms with Gasteiger partial charge >= 0.3 is 6.18 Å². The maximum absolute atomic E-state index is 12.4. The third-order valence-electron chi connectivity index (χ3n) is 2.79. The van der Waals surface area contributed by atoms with Crippen molar-refractivity contribution in [1.82, 2.24) is 0 Å². The summed E-state index contributed by atoms with van der Waals surface area (Å²) in [5.74, 6) is 5.84. The Balaban J connectivity index is 0.00000220. The number of hydrogen-bond donors (Lipinski definition) is 1. The summed E-state index contributed by atoms with van der Waals surface area (Å²) in [7, 11) is 0. The number of hydrazine groups is 1. The minimum Gasteiger partial charge on any atom is -0.307 e. The smallest absolute Gasteiger partial charge is 0.307 e. The van der Waals surface area contributed by atoms with Gasteiger partial charge in [-0.15, -0.1) is 12.4 Å². The van der Waals surface area contributed by atoms with E-state index in [0.29, 0.717) is 17.3 Å². The van der Waals surface area contributed by atoms with E-state index in [1.54, 1.807) is 12.1 Å². The molecule has 0 amide bonds. The topological polar surface area (TPSA) is 29.3 Å². The highest BCUT2D eigenvalue weighted by Crippen LogP contribution is 2.30. The number of anilines is 1. The van der Waals surface area contributed by atoms with Gasteiger partial charge in [-0.3, -0.25) is 0 Å². The number of nitrogens with zero attached hydrogens (tertiary/aromatic N) is 1. The number of nitrogens with two attached hydrogens (primary N) is 1. The number of alkyl halides is 3. The predicted octanol–water partition coefficient (Wildman–Crippen LogP) is 4.66. The van der Waals surface area contributed by atoms with Crippen molar-refractivity contribution in [3.8, 4) is 0 Å². The fourth-order valence-electron chi connectivity index (χ4n) is 1.72. The molecule has 2 aromatic rings. The van der Waals surface area contributed by atoms with Crippen molar-refractivity contribution in [2.45, 2.75) is 12.7 Å². The molecule has 2 aromatic carbocycles. The van der Waals surface area contributed by atoms with Crippen LogP contribution in [0.15, 0.2) is 48.5 Å². The Labute approximate surface area is 131 Å². The van der Waals surface area contributed by atoms with Gasteiger partial charge in [0.05, 0.1) is 17.8 Å². The van der Waals surface area contributed by atoms with Crippen LogP contribution in [0.2, 0.25) is 5.02 Å². The largest absolute Gasteiger partial charge is 0.416 e. The lowest BCUT2D eigenvalue weighted by Crippen LogP contribution is -2.30. The van der Waals surface area contributed by atoms with Crippen molar-refractivity contribution < 1.29 is 13.2 Å². The van der Waals surface area contributed by atoms with Crippen molar-refractivity contribution in [2.75, 3.05) is 5.01 Å². The fourth-order valence-corrected chi connectivity index (χ4v) is 1.85. The highest BCUT2D eigenvalue weighted by molar-refractivity contribution is 6.30. The Morgan fingerprint density at radius 3 is 1.95 bits per heavy atom. The molecule has 21 heavy (non-hydrogen) atoms. The molecule has 0 saturated heterocycles. The van der Waals surface area contributed by atoms with E-state index in [9.17, 15) is 13.2 Å². The molecule has 0 aliphatic heterocycles. The van der Waals surface area contributed by atoms with Crippen molar-refractivity contribution in [1.29, 1.82) is 0 Å². The molecule has 114 valence electrons. The molecule has 0 heterocycles. The second kappa shape index (κ2) is 7.02. The van der Waals surface area contributed by atoms with Crippen molar-refractivity contribution in [3.63, 3.8) is 0 Å². The second-order valence-corrected chi connectivity index (χ2v) is 4.74. The lowest BCUT2D eigenvalue weighted by atomic mass is 10.2. The van der Waals surface area contributed by atoms with E-state index in [2.05, 4.69) is 0 Å². The monoisotopic (exact) mass is 336 g/mol. The molecule has 0 spiro atoms. The average Bonchev–Trinajstić information content (AvgIpc) is 2.40. The lowest BCUT2D eigenvalue weighted by molar-refractivity contribution is -0.137. The van der Waals surface area contributed by atoms with Crippen LogP contribution in [-0.2, 0) is 12.7 Å². The van der Waals surface area contributed by atoms with Gasteiger partial charge in [-0.1, -0.05) is 23.7 Å². The number of rotatable bonds is 3. The first kappa shape index (κ1) is 17.6. The summed E-state index contributed by atoms with van der Waals surface area (Å²) >= 11 is 5.77. The van der Waals surface area contributed by atoms with Gasteiger partial charge in [-0.05, 0) is 42.0 Å². The van der Waals surface area contributed by atoms with E-state index in [0.717, 1.165) is 17.7 Å². The molecule has 0 aliphatic carbocycles. The molecule has 2 rings (SSSR count). The molecular formula is C14H13Cl2F3N2. The fraction of sp³-hybridized carbons (Fsp3) is 0.143. The summed E-state index contributed by atoms with van der Waals surface area (Å²) in [6, 6.07) is 11.8. The van der Waals surface area contributed by atoms with Gasteiger partial charge in [0.25, 0.3) is 0 Å². The van der Waals surface area contributed by atoms with E-state index in [1.165, 1.54) is 17.1 Å².